The van der Waals surface area contributed by atoms with Crippen LogP contribution < -0.4 is 18.9 Å². The van der Waals surface area contributed by atoms with E-state index in [0.29, 0.717) is 23.0 Å². The minimum atomic E-state index is 0.108. The van der Waals surface area contributed by atoms with Gasteiger partial charge in [-0.25, -0.2) is 0 Å². The molecule has 0 bridgehead atoms. The number of phenolic OH excluding ortho intramolecular Hbond substituents is 2. The number of hydrogen-bond donors (Lipinski definition) is 2. The van der Waals surface area contributed by atoms with Gasteiger partial charge in [-0.2, -0.15) is 0 Å². The molecule has 236 valence electrons. The number of nitrogens with zero attached hydrogens (tertiary/aromatic N) is 2. The molecule has 6 rings (SSSR count). The Hall–Kier alpha value is -4.40. The van der Waals surface area contributed by atoms with Gasteiger partial charge in [0.15, 0.2) is 34.5 Å². The standard InChI is InChI=1S/C37H42N2O6/c1-38-14-12-25-19-35(43-4)32(40)21-28(25)30(38)16-23-6-9-27(10-7-23)45-37-18-24(8-11-34(37)42-3)17-31-29-22-33(41)36(44-5)20-26(29)13-15-39(31)2/h6-11,18-22,30-31,40-41H,12-17H2,1-5H3/t30-,31+/m1/s1. The molecule has 2 aliphatic heterocycles. The summed E-state index contributed by atoms with van der Waals surface area (Å²) in [5, 5.41) is 21.0. The second kappa shape index (κ2) is 12.9. The van der Waals surface area contributed by atoms with E-state index in [1.54, 1.807) is 21.3 Å². The van der Waals surface area contributed by atoms with Crippen molar-refractivity contribution in [2.45, 2.75) is 37.8 Å². The van der Waals surface area contributed by atoms with Crippen LogP contribution in [0.4, 0.5) is 0 Å². The van der Waals surface area contributed by atoms with Gasteiger partial charge >= 0.3 is 0 Å². The largest absolute Gasteiger partial charge is 0.504 e. The highest BCUT2D eigenvalue weighted by Gasteiger charge is 2.28. The molecule has 0 fully saturated rings. The van der Waals surface area contributed by atoms with Gasteiger partial charge in [-0.3, -0.25) is 9.80 Å². The Morgan fingerprint density at radius 2 is 1.09 bits per heavy atom. The first-order valence-electron chi connectivity index (χ1n) is 15.4. The van der Waals surface area contributed by atoms with Crippen LogP contribution in [0.25, 0.3) is 0 Å². The van der Waals surface area contributed by atoms with E-state index in [4.69, 9.17) is 18.9 Å². The molecule has 4 aromatic carbocycles. The van der Waals surface area contributed by atoms with E-state index in [1.165, 1.54) is 16.7 Å². The fourth-order valence-corrected chi connectivity index (χ4v) is 6.74. The van der Waals surface area contributed by atoms with Crippen molar-refractivity contribution in [2.24, 2.45) is 0 Å². The smallest absolute Gasteiger partial charge is 0.169 e. The molecule has 0 spiro atoms. The van der Waals surface area contributed by atoms with Crippen LogP contribution in [0.1, 0.15) is 45.5 Å². The van der Waals surface area contributed by atoms with Gasteiger partial charge in [-0.15, -0.1) is 0 Å². The highest BCUT2D eigenvalue weighted by atomic mass is 16.5. The Morgan fingerprint density at radius 1 is 0.600 bits per heavy atom. The van der Waals surface area contributed by atoms with Crippen LogP contribution in [0.5, 0.6) is 40.2 Å². The van der Waals surface area contributed by atoms with Crippen molar-refractivity contribution in [3.8, 4) is 40.2 Å². The predicted octanol–water partition coefficient (Wildman–Crippen LogP) is 6.46. The van der Waals surface area contributed by atoms with Crippen LogP contribution in [0.2, 0.25) is 0 Å². The van der Waals surface area contributed by atoms with Crippen LogP contribution in [-0.4, -0.2) is 68.5 Å². The number of aromatic hydroxyl groups is 2. The quantitative estimate of drug-likeness (QED) is 0.224. The maximum atomic E-state index is 10.5. The molecule has 45 heavy (non-hydrogen) atoms. The highest BCUT2D eigenvalue weighted by Crippen LogP contribution is 2.41. The maximum absolute atomic E-state index is 10.5. The summed E-state index contributed by atoms with van der Waals surface area (Å²) in [4.78, 5) is 4.67. The van der Waals surface area contributed by atoms with Crippen LogP contribution in [0.3, 0.4) is 0 Å². The van der Waals surface area contributed by atoms with Crippen LogP contribution in [0, 0.1) is 0 Å². The predicted molar refractivity (Wildman–Crippen MR) is 174 cm³/mol. The molecule has 8 heteroatoms. The Bertz CT molecular complexity index is 1670. The lowest BCUT2D eigenvalue weighted by Crippen LogP contribution is -2.33. The number of hydrogen-bond acceptors (Lipinski definition) is 8. The van der Waals surface area contributed by atoms with E-state index < -0.39 is 0 Å². The molecule has 0 amide bonds. The number of rotatable bonds is 9. The van der Waals surface area contributed by atoms with E-state index >= 15 is 0 Å². The highest BCUT2D eigenvalue weighted by molar-refractivity contribution is 5.51. The van der Waals surface area contributed by atoms with Crippen molar-refractivity contribution in [1.29, 1.82) is 0 Å². The Morgan fingerprint density at radius 3 is 1.60 bits per heavy atom. The number of fused-ring (bicyclic) bond motifs is 2. The molecule has 0 saturated carbocycles. The Balaban J connectivity index is 1.19. The molecule has 0 aromatic heterocycles. The molecular formula is C37H42N2O6. The molecule has 2 N–H and O–H groups in total. The molecule has 0 unspecified atom stereocenters. The molecule has 0 aliphatic carbocycles. The molecule has 4 aromatic rings. The van der Waals surface area contributed by atoms with Gasteiger partial charge in [-0.05, 0) is 122 Å². The molecule has 2 atom stereocenters. The number of likely N-dealkylation sites (N-methyl/N-ethyl adjacent to an activating group) is 2. The summed E-state index contributed by atoms with van der Waals surface area (Å²) in [6.45, 7) is 1.87. The molecule has 8 nitrogen and oxygen atoms in total. The summed E-state index contributed by atoms with van der Waals surface area (Å²) in [6, 6.07) is 22.2. The van der Waals surface area contributed by atoms with Crippen molar-refractivity contribution < 1.29 is 29.2 Å². The summed E-state index contributed by atoms with van der Waals surface area (Å²) in [5.41, 5.74) is 6.99. The van der Waals surface area contributed by atoms with E-state index in [1.807, 2.05) is 48.5 Å². The molecular weight excluding hydrogens is 568 g/mol. The van der Waals surface area contributed by atoms with Crippen molar-refractivity contribution in [2.75, 3.05) is 48.5 Å². The fourth-order valence-electron chi connectivity index (χ4n) is 6.74. The van der Waals surface area contributed by atoms with Crippen molar-refractivity contribution in [3.63, 3.8) is 0 Å². The van der Waals surface area contributed by atoms with Gasteiger partial charge in [0.1, 0.15) is 5.75 Å². The van der Waals surface area contributed by atoms with Crippen LogP contribution in [-0.2, 0) is 25.7 Å². The molecule has 0 radical (unpaired) electrons. The van der Waals surface area contributed by atoms with Crippen LogP contribution >= 0.6 is 0 Å². The van der Waals surface area contributed by atoms with E-state index in [2.05, 4.69) is 42.1 Å². The number of benzene rings is 4. The first-order valence-corrected chi connectivity index (χ1v) is 15.4. The van der Waals surface area contributed by atoms with Crippen molar-refractivity contribution >= 4 is 0 Å². The number of phenols is 2. The second-order valence-electron chi connectivity index (χ2n) is 12.1. The van der Waals surface area contributed by atoms with E-state index in [-0.39, 0.29) is 23.6 Å². The van der Waals surface area contributed by atoms with Crippen molar-refractivity contribution in [3.05, 3.63) is 100 Å². The third kappa shape index (κ3) is 6.26. The summed E-state index contributed by atoms with van der Waals surface area (Å²) >= 11 is 0. The lowest BCUT2D eigenvalue weighted by atomic mass is 9.88. The monoisotopic (exact) mass is 610 g/mol. The van der Waals surface area contributed by atoms with E-state index in [9.17, 15) is 10.2 Å². The zero-order valence-electron chi connectivity index (χ0n) is 26.7. The third-order valence-electron chi connectivity index (χ3n) is 9.37. The molecule has 2 aliphatic rings. The van der Waals surface area contributed by atoms with Crippen molar-refractivity contribution in [1.82, 2.24) is 9.80 Å². The molecule has 0 saturated heterocycles. The zero-order valence-corrected chi connectivity index (χ0v) is 26.7. The Kier molecular flexibility index (Phi) is 8.79. The van der Waals surface area contributed by atoms with Gasteiger partial charge < -0.3 is 29.2 Å². The van der Waals surface area contributed by atoms with E-state index in [0.717, 1.165) is 61.2 Å². The van der Waals surface area contributed by atoms with Gasteiger partial charge in [0, 0.05) is 25.2 Å². The fraction of sp³-hybridized carbons (Fsp3) is 0.351. The first-order chi connectivity index (χ1) is 21.8. The van der Waals surface area contributed by atoms with Gasteiger partial charge in [0.25, 0.3) is 0 Å². The second-order valence-corrected chi connectivity index (χ2v) is 12.1. The lowest BCUT2D eigenvalue weighted by Gasteiger charge is -2.35. The summed E-state index contributed by atoms with van der Waals surface area (Å²) in [6.07, 6.45) is 3.40. The zero-order chi connectivity index (χ0) is 31.7. The average Bonchev–Trinajstić information content (AvgIpc) is 3.04. The van der Waals surface area contributed by atoms with Gasteiger partial charge in [0.2, 0.25) is 0 Å². The third-order valence-corrected chi connectivity index (χ3v) is 9.37. The minimum Gasteiger partial charge on any atom is -0.504 e. The summed E-state index contributed by atoms with van der Waals surface area (Å²) < 4.78 is 22.7. The number of ether oxygens (including phenoxy) is 4. The topological polar surface area (TPSA) is 83.9 Å². The summed E-state index contributed by atoms with van der Waals surface area (Å²) in [5.74, 6) is 3.42. The molecule has 2 heterocycles. The Labute approximate surface area is 265 Å². The normalized spacial score (nSPS) is 18.2. The maximum Gasteiger partial charge on any atom is 0.169 e. The lowest BCUT2D eigenvalue weighted by molar-refractivity contribution is 0.228. The average molecular weight is 611 g/mol. The van der Waals surface area contributed by atoms with Gasteiger partial charge in [0.05, 0.1) is 21.3 Å². The van der Waals surface area contributed by atoms with Crippen LogP contribution in [0.15, 0.2) is 66.7 Å². The SMILES string of the molecule is COc1cc2c(cc1O)[C@@H](Cc1ccc(Oc3cc(C[C@H]4c5cc(O)c(OC)cc5CCN4C)ccc3OC)cc1)N(C)CC2. The minimum absolute atomic E-state index is 0.108. The number of methoxy groups -OCH3 is 3. The van der Waals surface area contributed by atoms with Gasteiger partial charge in [-0.1, -0.05) is 18.2 Å². The summed E-state index contributed by atoms with van der Waals surface area (Å²) in [7, 11) is 9.08. The first kappa shape index (κ1) is 30.6.